The summed E-state index contributed by atoms with van der Waals surface area (Å²) < 4.78 is 28.4. The molecule has 6 heteroatoms. The molecule has 0 saturated heterocycles. The first-order chi connectivity index (χ1) is 5.56. The summed E-state index contributed by atoms with van der Waals surface area (Å²) in [5, 5.41) is -0.387. The predicted octanol–water partition coefficient (Wildman–Crippen LogP) is 0.225. The second kappa shape index (κ2) is 3.30. The van der Waals surface area contributed by atoms with Gasteiger partial charge in [0.05, 0.1) is 11.9 Å². The van der Waals surface area contributed by atoms with E-state index in [-0.39, 0.29) is 11.9 Å². The zero-order valence-electron chi connectivity index (χ0n) is 6.74. The highest BCUT2D eigenvalue weighted by Gasteiger charge is 2.37. The highest BCUT2D eigenvalue weighted by Crippen LogP contribution is 2.27. The predicted molar refractivity (Wildman–Crippen MR) is 42.1 cm³/mol. The standard InChI is InChI=1S/C6H11NO4S/c1-2-11-6(8)7-12(9,10)5-3-4-5/h5H,2-4H2,1H3,(H,7,8). The molecule has 0 aromatic carbocycles. The molecule has 1 aliphatic rings. The first kappa shape index (κ1) is 9.31. The van der Waals surface area contributed by atoms with Crippen LogP contribution in [-0.4, -0.2) is 26.4 Å². The van der Waals surface area contributed by atoms with Gasteiger partial charge in [-0.05, 0) is 19.8 Å². The van der Waals surface area contributed by atoms with Crippen LogP contribution < -0.4 is 4.72 Å². The summed E-state index contributed by atoms with van der Waals surface area (Å²) in [5.41, 5.74) is 0. The zero-order valence-corrected chi connectivity index (χ0v) is 7.56. The molecule has 1 aliphatic carbocycles. The third kappa shape index (κ3) is 2.37. The number of carbonyl (C=O) groups is 1. The summed E-state index contributed by atoms with van der Waals surface area (Å²) in [6.07, 6.45) is 0.383. The van der Waals surface area contributed by atoms with E-state index in [0.717, 1.165) is 0 Å². The number of nitrogens with one attached hydrogen (secondary N) is 1. The van der Waals surface area contributed by atoms with Crippen LogP contribution in [0, 0.1) is 0 Å². The van der Waals surface area contributed by atoms with Crippen LogP contribution in [0.3, 0.4) is 0 Å². The molecule has 0 heterocycles. The van der Waals surface area contributed by atoms with Crippen LogP contribution in [0.25, 0.3) is 0 Å². The molecule has 0 unspecified atom stereocenters. The molecule has 12 heavy (non-hydrogen) atoms. The van der Waals surface area contributed by atoms with Gasteiger partial charge < -0.3 is 4.74 Å². The molecule has 0 aromatic rings. The van der Waals surface area contributed by atoms with Gasteiger partial charge in [-0.3, -0.25) is 0 Å². The minimum Gasteiger partial charge on any atom is -0.449 e. The fraction of sp³-hybridized carbons (Fsp3) is 0.833. The molecule has 0 spiro atoms. The Kier molecular flexibility index (Phi) is 2.56. The van der Waals surface area contributed by atoms with Gasteiger partial charge in [0.15, 0.2) is 0 Å². The van der Waals surface area contributed by atoms with Gasteiger partial charge in [0, 0.05) is 0 Å². The van der Waals surface area contributed by atoms with Gasteiger partial charge in [0.2, 0.25) is 10.0 Å². The molecule has 1 fully saturated rings. The summed E-state index contributed by atoms with van der Waals surface area (Å²) >= 11 is 0. The molecule has 70 valence electrons. The van der Waals surface area contributed by atoms with E-state index in [1.165, 1.54) is 0 Å². The van der Waals surface area contributed by atoms with E-state index in [1.54, 1.807) is 6.92 Å². The Hall–Kier alpha value is -0.780. The van der Waals surface area contributed by atoms with E-state index in [1.807, 2.05) is 4.72 Å². The van der Waals surface area contributed by atoms with Gasteiger partial charge >= 0.3 is 6.09 Å². The Morgan fingerprint density at radius 3 is 2.58 bits per heavy atom. The van der Waals surface area contributed by atoms with Crippen LogP contribution in [-0.2, 0) is 14.8 Å². The quantitative estimate of drug-likeness (QED) is 0.696. The zero-order chi connectivity index (χ0) is 9.19. The second-order valence-electron chi connectivity index (χ2n) is 2.57. The Bertz CT molecular complexity index is 267. The molecule has 0 aromatic heterocycles. The molecule has 0 atom stereocenters. The van der Waals surface area contributed by atoms with Gasteiger partial charge in [0.1, 0.15) is 0 Å². The van der Waals surface area contributed by atoms with E-state index in [4.69, 9.17) is 0 Å². The van der Waals surface area contributed by atoms with Crippen LogP contribution in [0.1, 0.15) is 19.8 Å². The highest BCUT2D eigenvalue weighted by atomic mass is 32.2. The molecule has 1 N–H and O–H groups in total. The van der Waals surface area contributed by atoms with Crippen molar-refractivity contribution in [2.45, 2.75) is 25.0 Å². The molecule has 0 aliphatic heterocycles. The average Bonchev–Trinajstić information content (AvgIpc) is 2.65. The average molecular weight is 193 g/mol. The first-order valence-electron chi connectivity index (χ1n) is 3.74. The normalized spacial score (nSPS) is 17.1. The molecule has 0 radical (unpaired) electrons. The molecular formula is C6H11NO4S. The van der Waals surface area contributed by atoms with Crippen molar-refractivity contribution in [2.75, 3.05) is 6.61 Å². The lowest BCUT2D eigenvalue weighted by Crippen LogP contribution is -2.33. The largest absolute Gasteiger partial charge is 0.449 e. The topological polar surface area (TPSA) is 72.5 Å². The molecule has 1 amide bonds. The SMILES string of the molecule is CCOC(=O)NS(=O)(=O)C1CC1. The Morgan fingerprint density at radius 2 is 2.17 bits per heavy atom. The maximum Gasteiger partial charge on any atom is 0.420 e. The first-order valence-corrected chi connectivity index (χ1v) is 5.29. The van der Waals surface area contributed by atoms with E-state index in [9.17, 15) is 13.2 Å². The number of hydrogen-bond donors (Lipinski definition) is 1. The number of amides is 1. The van der Waals surface area contributed by atoms with E-state index in [2.05, 4.69) is 4.74 Å². The van der Waals surface area contributed by atoms with E-state index >= 15 is 0 Å². The maximum absolute atomic E-state index is 11.1. The Balaban J connectivity index is 2.44. The lowest BCUT2D eigenvalue weighted by Gasteiger charge is -2.04. The summed E-state index contributed by atoms with van der Waals surface area (Å²) in [6.45, 7) is 1.79. The molecule has 0 bridgehead atoms. The van der Waals surface area contributed by atoms with Crippen molar-refractivity contribution in [3.63, 3.8) is 0 Å². The van der Waals surface area contributed by atoms with Crippen molar-refractivity contribution in [1.29, 1.82) is 0 Å². The van der Waals surface area contributed by atoms with Crippen molar-refractivity contribution in [3.05, 3.63) is 0 Å². The monoisotopic (exact) mass is 193 g/mol. The number of hydrogen-bond acceptors (Lipinski definition) is 4. The smallest absolute Gasteiger partial charge is 0.420 e. The second-order valence-corrected chi connectivity index (χ2v) is 4.53. The molecule has 5 nitrogen and oxygen atoms in total. The number of sulfonamides is 1. The van der Waals surface area contributed by atoms with Crippen molar-refractivity contribution < 1.29 is 17.9 Å². The van der Waals surface area contributed by atoms with Crippen LogP contribution in [0.2, 0.25) is 0 Å². The third-order valence-electron chi connectivity index (χ3n) is 1.46. The fourth-order valence-corrected chi connectivity index (χ4v) is 1.95. The number of rotatable bonds is 3. The minimum atomic E-state index is -3.43. The molecule has 1 saturated carbocycles. The van der Waals surface area contributed by atoms with Crippen molar-refractivity contribution in [3.8, 4) is 0 Å². The van der Waals surface area contributed by atoms with Crippen LogP contribution in [0.5, 0.6) is 0 Å². The number of ether oxygens (including phenoxy) is 1. The van der Waals surface area contributed by atoms with Crippen LogP contribution in [0.15, 0.2) is 0 Å². The van der Waals surface area contributed by atoms with Crippen molar-refractivity contribution >= 4 is 16.1 Å². The Morgan fingerprint density at radius 1 is 1.58 bits per heavy atom. The molecule has 1 rings (SSSR count). The summed E-state index contributed by atoms with van der Waals surface area (Å²) in [4.78, 5) is 10.7. The van der Waals surface area contributed by atoms with Crippen LogP contribution in [0.4, 0.5) is 4.79 Å². The van der Waals surface area contributed by atoms with Crippen molar-refractivity contribution in [2.24, 2.45) is 0 Å². The minimum absolute atomic E-state index is 0.173. The highest BCUT2D eigenvalue weighted by molar-refractivity contribution is 7.90. The van der Waals surface area contributed by atoms with Gasteiger partial charge in [-0.2, -0.15) is 0 Å². The third-order valence-corrected chi connectivity index (χ3v) is 3.26. The summed E-state index contributed by atoms with van der Waals surface area (Å²) in [5.74, 6) is 0. The Labute approximate surface area is 71.1 Å². The van der Waals surface area contributed by atoms with Crippen molar-refractivity contribution in [1.82, 2.24) is 4.72 Å². The van der Waals surface area contributed by atoms with Gasteiger partial charge in [-0.25, -0.2) is 17.9 Å². The summed E-state index contributed by atoms with van der Waals surface area (Å²) in [6, 6.07) is 0. The lowest BCUT2D eigenvalue weighted by atomic mass is 10.9. The maximum atomic E-state index is 11.1. The lowest BCUT2D eigenvalue weighted by molar-refractivity contribution is 0.158. The summed E-state index contributed by atoms with van der Waals surface area (Å²) in [7, 11) is -3.43. The van der Waals surface area contributed by atoms with E-state index in [0.29, 0.717) is 12.8 Å². The number of carbonyl (C=O) groups excluding carboxylic acids is 1. The van der Waals surface area contributed by atoms with Gasteiger partial charge in [0.25, 0.3) is 0 Å². The van der Waals surface area contributed by atoms with Crippen LogP contribution >= 0.6 is 0 Å². The van der Waals surface area contributed by atoms with E-state index < -0.39 is 16.1 Å². The molecular weight excluding hydrogens is 182 g/mol. The van der Waals surface area contributed by atoms with Gasteiger partial charge in [-0.15, -0.1) is 0 Å². The van der Waals surface area contributed by atoms with Gasteiger partial charge in [-0.1, -0.05) is 0 Å². The fourth-order valence-electron chi connectivity index (χ4n) is 0.738.